The first-order valence-corrected chi connectivity index (χ1v) is 20.6. The van der Waals surface area contributed by atoms with Gasteiger partial charge < -0.3 is 40.1 Å². The molecule has 5 rings (SSSR count). The van der Waals surface area contributed by atoms with Gasteiger partial charge in [0, 0.05) is 53.5 Å². The molecule has 4 aromatic carbocycles. The number of ether oxygens (including phenoxy) is 5. The van der Waals surface area contributed by atoms with Gasteiger partial charge in [0.15, 0.2) is 5.75 Å². The molecule has 0 aliphatic heterocycles. The van der Waals surface area contributed by atoms with E-state index < -0.39 is 21.5 Å². The number of hydrogen-bond acceptors (Lipinski definition) is 12. The maximum atomic E-state index is 13.4. The van der Waals surface area contributed by atoms with Crippen LogP contribution in [0.1, 0.15) is 42.3 Å². The lowest BCUT2D eigenvalue weighted by Crippen LogP contribution is -2.32. The SMILES string of the molecule is C#Cc1cc(Nc2nccc(Oc3ccc(N(C(N)=O)c4cc(C(C)(C)C)cc(NS(C)(=O)=O)c4OC)c4ccccc34)n2)cc(C(=O)NCCOCCOCCOC)c1. The highest BCUT2D eigenvalue weighted by atomic mass is 32.2. The van der Waals surface area contributed by atoms with Crippen molar-refractivity contribution in [3.8, 4) is 29.7 Å². The smallest absolute Gasteiger partial charge is 0.324 e. The number of nitrogens with two attached hydrogens (primary N) is 1. The Morgan fingerprint density at radius 3 is 2.28 bits per heavy atom. The van der Waals surface area contributed by atoms with Crippen LogP contribution in [-0.2, 0) is 29.6 Å². The number of hydrogen-bond donors (Lipinski definition) is 4. The molecule has 1 aromatic heterocycles. The number of carbonyl (C=O) groups excluding carboxylic acids is 2. The van der Waals surface area contributed by atoms with Gasteiger partial charge in [0.1, 0.15) is 5.75 Å². The van der Waals surface area contributed by atoms with Crippen LogP contribution in [0.2, 0.25) is 0 Å². The van der Waals surface area contributed by atoms with Crippen LogP contribution in [0.5, 0.6) is 17.4 Å². The zero-order chi connectivity index (χ0) is 43.5. The molecule has 0 bridgehead atoms. The highest BCUT2D eigenvalue weighted by Crippen LogP contribution is 2.46. The largest absolute Gasteiger partial charge is 0.492 e. The van der Waals surface area contributed by atoms with Crippen molar-refractivity contribution < 1.29 is 41.7 Å². The predicted octanol–water partition coefficient (Wildman–Crippen LogP) is 6.45. The van der Waals surface area contributed by atoms with E-state index in [-0.39, 0.29) is 41.4 Å². The minimum Gasteiger partial charge on any atom is -0.492 e. The molecule has 316 valence electrons. The maximum Gasteiger partial charge on any atom is 0.324 e. The first-order chi connectivity index (χ1) is 28.6. The van der Waals surface area contributed by atoms with Crippen LogP contribution in [0.15, 0.2) is 79.0 Å². The van der Waals surface area contributed by atoms with Crippen molar-refractivity contribution in [1.82, 2.24) is 15.3 Å². The summed E-state index contributed by atoms with van der Waals surface area (Å²) in [5, 5.41) is 7.11. The highest BCUT2D eigenvalue weighted by Gasteiger charge is 2.28. The molecule has 0 fully saturated rings. The minimum atomic E-state index is -3.74. The molecule has 0 radical (unpaired) electrons. The summed E-state index contributed by atoms with van der Waals surface area (Å²) in [4.78, 5) is 36.6. The number of amides is 3. The molecule has 5 N–H and O–H groups in total. The van der Waals surface area contributed by atoms with Crippen LogP contribution in [-0.4, -0.2) is 90.4 Å². The summed E-state index contributed by atoms with van der Waals surface area (Å²) in [6.07, 6.45) is 8.26. The van der Waals surface area contributed by atoms with Crippen molar-refractivity contribution in [3.63, 3.8) is 0 Å². The standard InChI is InChI=1S/C43H49N7O9S/c1-8-28-23-29(40(51)45-17-18-57-21-22-58-20-19-55-5)25-31(24-28)47-42-46-16-15-38(48-42)59-37-14-13-35(32-11-9-10-12-33(32)37)50(41(44)52)36-27-30(43(2,3)4)26-34(39(36)56-6)49-60(7,53)54/h1,9-16,23-27,49H,17-22H2,2-7H3,(H2,44,52)(H,45,51)(H,46,47,48). The minimum absolute atomic E-state index is 0.0966. The van der Waals surface area contributed by atoms with Gasteiger partial charge in [-0.15, -0.1) is 6.42 Å². The van der Waals surface area contributed by atoms with Crippen LogP contribution >= 0.6 is 0 Å². The molecule has 16 nitrogen and oxygen atoms in total. The second-order valence-electron chi connectivity index (χ2n) is 14.4. The Labute approximate surface area is 349 Å². The number of primary amides is 1. The fourth-order valence-electron chi connectivity index (χ4n) is 6.03. The van der Waals surface area contributed by atoms with Crippen molar-refractivity contribution in [2.45, 2.75) is 26.2 Å². The number of carbonyl (C=O) groups is 2. The van der Waals surface area contributed by atoms with E-state index in [0.717, 1.165) is 11.8 Å². The summed E-state index contributed by atoms with van der Waals surface area (Å²) in [6, 6.07) is 19.6. The number of fused-ring (bicyclic) bond motifs is 1. The Morgan fingerprint density at radius 2 is 1.62 bits per heavy atom. The Hall–Kier alpha value is -6.45. The summed E-state index contributed by atoms with van der Waals surface area (Å²) in [5.74, 6) is 3.07. The number of aromatic nitrogens is 2. The van der Waals surface area contributed by atoms with Crippen molar-refractivity contribution >= 4 is 61.4 Å². The van der Waals surface area contributed by atoms with Gasteiger partial charge in [-0.1, -0.05) is 51.0 Å². The molecule has 5 aromatic rings. The van der Waals surface area contributed by atoms with Crippen molar-refractivity contribution in [1.29, 1.82) is 0 Å². The summed E-state index contributed by atoms with van der Waals surface area (Å²) in [5.41, 5.74) is 8.36. The van der Waals surface area contributed by atoms with E-state index in [2.05, 4.69) is 31.2 Å². The number of anilines is 5. The quantitative estimate of drug-likeness (QED) is 0.0523. The average Bonchev–Trinajstić information content (AvgIpc) is 3.19. The number of rotatable bonds is 19. The van der Waals surface area contributed by atoms with E-state index in [1.165, 1.54) is 18.2 Å². The first-order valence-electron chi connectivity index (χ1n) is 18.8. The molecule has 0 aliphatic carbocycles. The molecule has 17 heteroatoms. The molecular formula is C43H49N7O9S. The van der Waals surface area contributed by atoms with Gasteiger partial charge in [-0.05, 0) is 53.4 Å². The number of benzene rings is 4. The molecule has 60 heavy (non-hydrogen) atoms. The lowest BCUT2D eigenvalue weighted by molar-refractivity contribution is 0.0255. The molecule has 0 saturated heterocycles. The summed E-state index contributed by atoms with van der Waals surface area (Å²) in [7, 11) is -0.752. The molecule has 3 amide bonds. The zero-order valence-electron chi connectivity index (χ0n) is 34.3. The molecule has 0 saturated carbocycles. The highest BCUT2D eigenvalue weighted by molar-refractivity contribution is 7.92. The van der Waals surface area contributed by atoms with Crippen LogP contribution < -0.4 is 35.5 Å². The van der Waals surface area contributed by atoms with Gasteiger partial charge in [0.05, 0.1) is 63.5 Å². The van der Waals surface area contributed by atoms with Gasteiger partial charge in [-0.25, -0.2) is 18.2 Å². The number of nitrogens with one attached hydrogen (secondary N) is 3. The lowest BCUT2D eigenvalue weighted by atomic mass is 9.86. The third kappa shape index (κ3) is 11.8. The van der Waals surface area contributed by atoms with E-state index in [0.29, 0.717) is 72.1 Å². The zero-order valence-corrected chi connectivity index (χ0v) is 35.1. The first kappa shape index (κ1) is 44.6. The molecule has 0 spiro atoms. The number of nitrogens with zero attached hydrogens (tertiary/aromatic N) is 3. The van der Waals surface area contributed by atoms with E-state index in [1.807, 2.05) is 32.9 Å². The molecule has 0 aliphatic rings. The van der Waals surface area contributed by atoms with Crippen molar-refractivity contribution in [3.05, 3.63) is 95.7 Å². The molecule has 0 unspecified atom stereocenters. The third-order valence-electron chi connectivity index (χ3n) is 8.80. The van der Waals surface area contributed by atoms with Crippen LogP contribution in [0.3, 0.4) is 0 Å². The van der Waals surface area contributed by atoms with Crippen LogP contribution in [0, 0.1) is 12.3 Å². The maximum absolute atomic E-state index is 13.4. The fourth-order valence-corrected chi connectivity index (χ4v) is 6.58. The number of terminal acetylenes is 1. The van der Waals surface area contributed by atoms with E-state index in [4.69, 9.17) is 35.8 Å². The van der Waals surface area contributed by atoms with Crippen LogP contribution in [0.4, 0.5) is 33.5 Å². The second kappa shape index (κ2) is 20.0. The third-order valence-corrected chi connectivity index (χ3v) is 9.39. The fraction of sp³-hybridized carbons (Fsp3) is 0.302. The summed E-state index contributed by atoms with van der Waals surface area (Å²) < 4.78 is 55.2. The van der Waals surface area contributed by atoms with E-state index >= 15 is 0 Å². The normalized spacial score (nSPS) is 11.4. The lowest BCUT2D eigenvalue weighted by Gasteiger charge is -2.29. The van der Waals surface area contributed by atoms with Crippen molar-refractivity contribution in [2.24, 2.45) is 5.73 Å². The monoisotopic (exact) mass is 839 g/mol. The Kier molecular flexibility index (Phi) is 14.9. The summed E-state index contributed by atoms with van der Waals surface area (Å²) in [6.45, 7) is 8.25. The number of methoxy groups -OCH3 is 2. The van der Waals surface area contributed by atoms with Gasteiger partial charge in [0.25, 0.3) is 5.91 Å². The van der Waals surface area contributed by atoms with Gasteiger partial charge in [-0.3, -0.25) is 14.4 Å². The molecule has 0 atom stereocenters. The van der Waals surface area contributed by atoms with E-state index in [1.54, 1.807) is 67.8 Å². The summed E-state index contributed by atoms with van der Waals surface area (Å²) >= 11 is 0. The van der Waals surface area contributed by atoms with Gasteiger partial charge in [0.2, 0.25) is 21.9 Å². The second-order valence-corrected chi connectivity index (χ2v) is 16.1. The average molecular weight is 840 g/mol. The van der Waals surface area contributed by atoms with Gasteiger partial charge >= 0.3 is 6.03 Å². The Morgan fingerprint density at radius 1 is 0.900 bits per heavy atom. The topological polar surface area (TPSA) is 206 Å². The molecular weight excluding hydrogens is 791 g/mol. The van der Waals surface area contributed by atoms with Crippen LogP contribution in [0.25, 0.3) is 10.8 Å². The predicted molar refractivity (Wildman–Crippen MR) is 231 cm³/mol. The number of urea groups is 1. The van der Waals surface area contributed by atoms with Crippen molar-refractivity contribution in [2.75, 3.05) is 75.0 Å². The Balaban J connectivity index is 1.39. The Bertz CT molecular complexity index is 2480. The molecule has 1 heterocycles. The number of sulfonamides is 1. The van der Waals surface area contributed by atoms with E-state index in [9.17, 15) is 18.0 Å². The van der Waals surface area contributed by atoms with Gasteiger partial charge in [-0.2, -0.15) is 4.98 Å².